The van der Waals surface area contributed by atoms with Crippen LogP contribution in [0.1, 0.15) is 40.5 Å². The van der Waals surface area contributed by atoms with E-state index in [0.717, 1.165) is 17.5 Å². The molecule has 0 saturated carbocycles. The number of hydrogen-bond donors (Lipinski definition) is 3. The van der Waals surface area contributed by atoms with Gasteiger partial charge in [0.05, 0.1) is 41.4 Å². The molecule has 4 heterocycles. The number of carbonyl (C=O) groups excluding carboxylic acids is 3. The quantitative estimate of drug-likeness (QED) is 0.297. The van der Waals surface area contributed by atoms with Gasteiger partial charge in [-0.1, -0.05) is 44.5 Å². The molecule has 3 N–H and O–H groups in total. The molecule has 0 aliphatic carbocycles. The molecule has 1 spiro atoms. The number of rotatable bonds is 11. The van der Waals surface area contributed by atoms with Crippen LogP contribution >= 0.6 is 11.8 Å². The first-order chi connectivity index (χ1) is 21.2. The number of ether oxygens (including phenoxy) is 1. The van der Waals surface area contributed by atoms with E-state index in [-0.39, 0.29) is 48.1 Å². The van der Waals surface area contributed by atoms with Gasteiger partial charge in [-0.3, -0.25) is 14.4 Å². The highest BCUT2D eigenvalue weighted by Gasteiger charge is 2.76. The van der Waals surface area contributed by atoms with Gasteiger partial charge >= 0.3 is 0 Å². The highest BCUT2D eigenvalue weighted by molar-refractivity contribution is 8.02. The molecule has 12 heteroatoms. The van der Waals surface area contributed by atoms with E-state index in [1.54, 1.807) is 45.6 Å². The number of amides is 3. The Bertz CT molecular complexity index is 1550. The molecule has 3 saturated heterocycles. The lowest BCUT2D eigenvalue weighted by Gasteiger charge is -2.41. The standard InChI is InChI=1S/C32H40N6O5S/c1-5-18(3)24(16-39)38-28(30(41)33-17-37-23-10-8-7-9-22(23)35-36-37)32-19(4)15-25(44-32)26(27(32)31(38)42)29(40)34-20-11-13-21(14-12-20)43-6-2/h7-14,18-19,24-28,39H,5-6,15-17H2,1-4H3,(H,33,41)(H,34,40)/t18-,19?,24-,25+,26-,27-,28?,32?/m0/s1. The summed E-state index contributed by atoms with van der Waals surface area (Å²) >= 11 is 1.61. The van der Waals surface area contributed by atoms with Gasteiger partial charge in [-0.2, -0.15) is 0 Å². The molecule has 1 aromatic heterocycles. The van der Waals surface area contributed by atoms with Crippen LogP contribution in [0.2, 0.25) is 0 Å². The summed E-state index contributed by atoms with van der Waals surface area (Å²) in [6.07, 6.45) is 1.44. The normalized spacial score (nSPS) is 28.6. The minimum atomic E-state index is -0.853. The molecule has 11 nitrogen and oxygen atoms in total. The summed E-state index contributed by atoms with van der Waals surface area (Å²) in [6.45, 7) is 8.34. The van der Waals surface area contributed by atoms with Crippen molar-refractivity contribution in [3.63, 3.8) is 0 Å². The average Bonchev–Trinajstić information content (AvgIpc) is 3.75. The molecular formula is C32H40N6O5S. The fourth-order valence-corrected chi connectivity index (χ4v) is 9.95. The Morgan fingerprint density at radius 2 is 1.91 bits per heavy atom. The van der Waals surface area contributed by atoms with Crippen molar-refractivity contribution in [3.8, 4) is 5.75 Å². The SMILES string of the molecule is CCOc1ccc(NC(=O)[C@@H]2[C@H]3C(=O)N([C@@H](CO)[C@@H](C)CC)C(C(=O)NCn4nnc5ccccc54)C34S[C@@H]2CC4C)cc1. The molecule has 44 heavy (non-hydrogen) atoms. The summed E-state index contributed by atoms with van der Waals surface area (Å²) in [5.74, 6) is -1.40. The maximum absolute atomic E-state index is 14.5. The zero-order valence-corrected chi connectivity index (χ0v) is 26.3. The Balaban J connectivity index is 1.32. The predicted octanol–water partition coefficient (Wildman–Crippen LogP) is 3.29. The number of aromatic nitrogens is 3. The van der Waals surface area contributed by atoms with E-state index < -0.39 is 28.7 Å². The first-order valence-electron chi connectivity index (χ1n) is 15.5. The molecule has 3 unspecified atom stereocenters. The number of fused-ring (bicyclic) bond motifs is 2. The second-order valence-corrected chi connectivity index (χ2v) is 13.7. The van der Waals surface area contributed by atoms with Gasteiger partial charge in [-0.25, -0.2) is 4.68 Å². The number of thioether (sulfide) groups is 1. The molecule has 6 rings (SSSR count). The second-order valence-electron chi connectivity index (χ2n) is 12.2. The summed E-state index contributed by atoms with van der Waals surface area (Å²) in [7, 11) is 0. The molecule has 2 aromatic carbocycles. The molecule has 234 valence electrons. The van der Waals surface area contributed by atoms with Crippen molar-refractivity contribution >= 4 is 46.2 Å². The van der Waals surface area contributed by atoms with Crippen molar-refractivity contribution in [3.05, 3.63) is 48.5 Å². The summed E-state index contributed by atoms with van der Waals surface area (Å²) in [5, 5.41) is 24.9. The fourth-order valence-electron chi connectivity index (χ4n) is 7.54. The number of likely N-dealkylation sites (tertiary alicyclic amines) is 1. The van der Waals surface area contributed by atoms with Gasteiger partial charge < -0.3 is 25.4 Å². The van der Waals surface area contributed by atoms with Crippen LogP contribution in [0, 0.1) is 23.7 Å². The van der Waals surface area contributed by atoms with E-state index in [1.165, 1.54) is 0 Å². The fraction of sp³-hybridized carbons (Fsp3) is 0.531. The monoisotopic (exact) mass is 620 g/mol. The van der Waals surface area contributed by atoms with Crippen LogP contribution < -0.4 is 15.4 Å². The third kappa shape index (κ3) is 4.82. The van der Waals surface area contributed by atoms with Crippen molar-refractivity contribution < 1.29 is 24.2 Å². The zero-order valence-electron chi connectivity index (χ0n) is 25.5. The van der Waals surface area contributed by atoms with Gasteiger partial charge in [-0.15, -0.1) is 16.9 Å². The van der Waals surface area contributed by atoms with Crippen molar-refractivity contribution in [2.45, 2.75) is 69.3 Å². The minimum Gasteiger partial charge on any atom is -0.494 e. The number of nitrogens with one attached hydrogen (secondary N) is 2. The summed E-state index contributed by atoms with van der Waals surface area (Å²) in [5.41, 5.74) is 2.12. The van der Waals surface area contributed by atoms with Crippen molar-refractivity contribution in [1.29, 1.82) is 0 Å². The molecule has 8 atom stereocenters. The number of para-hydroxylation sites is 1. The Morgan fingerprint density at radius 3 is 2.61 bits per heavy atom. The van der Waals surface area contributed by atoms with Crippen molar-refractivity contribution in [2.75, 3.05) is 18.5 Å². The number of aliphatic hydroxyl groups excluding tert-OH is 1. The molecule has 3 aliphatic rings. The summed E-state index contributed by atoms with van der Waals surface area (Å²) in [6, 6.07) is 13.3. The van der Waals surface area contributed by atoms with Crippen LogP contribution in [0.3, 0.4) is 0 Å². The van der Waals surface area contributed by atoms with E-state index in [0.29, 0.717) is 24.5 Å². The molecule has 3 aliphatic heterocycles. The number of anilines is 1. The lowest BCUT2D eigenvalue weighted by Crippen LogP contribution is -2.59. The predicted molar refractivity (Wildman–Crippen MR) is 168 cm³/mol. The highest BCUT2D eigenvalue weighted by atomic mass is 32.2. The molecule has 3 fully saturated rings. The minimum absolute atomic E-state index is 0.00482. The van der Waals surface area contributed by atoms with Crippen LogP contribution in [-0.4, -0.2) is 78.0 Å². The van der Waals surface area contributed by atoms with Gasteiger partial charge in [0.1, 0.15) is 24.0 Å². The Labute approximate surface area is 261 Å². The molecule has 3 amide bonds. The van der Waals surface area contributed by atoms with E-state index in [1.807, 2.05) is 45.0 Å². The van der Waals surface area contributed by atoms with Gasteiger partial charge in [0.15, 0.2) is 0 Å². The number of aliphatic hydroxyl groups is 1. The van der Waals surface area contributed by atoms with E-state index in [9.17, 15) is 19.5 Å². The van der Waals surface area contributed by atoms with Crippen molar-refractivity contribution in [2.24, 2.45) is 23.7 Å². The zero-order chi connectivity index (χ0) is 31.2. The lowest BCUT2D eigenvalue weighted by molar-refractivity contribution is -0.143. The van der Waals surface area contributed by atoms with Gasteiger partial charge in [-0.05, 0) is 61.6 Å². The Kier molecular flexibility index (Phi) is 8.31. The largest absolute Gasteiger partial charge is 0.494 e. The molecular weight excluding hydrogens is 580 g/mol. The van der Waals surface area contributed by atoms with Crippen LogP contribution in [0.4, 0.5) is 5.69 Å². The maximum Gasteiger partial charge on any atom is 0.245 e. The van der Waals surface area contributed by atoms with E-state index in [2.05, 4.69) is 27.9 Å². The van der Waals surface area contributed by atoms with Crippen LogP contribution in [0.15, 0.2) is 48.5 Å². The number of nitrogens with zero attached hydrogens (tertiary/aromatic N) is 4. The third-order valence-corrected chi connectivity index (χ3v) is 11.9. The number of carbonyl (C=O) groups is 3. The molecule has 2 bridgehead atoms. The second kappa shape index (κ2) is 12.0. The van der Waals surface area contributed by atoms with Gasteiger partial charge in [0.25, 0.3) is 0 Å². The number of benzene rings is 2. The van der Waals surface area contributed by atoms with Crippen LogP contribution in [0.5, 0.6) is 5.75 Å². The Hall–Kier alpha value is -3.64. The first kappa shape index (κ1) is 30.4. The van der Waals surface area contributed by atoms with E-state index in [4.69, 9.17) is 4.74 Å². The summed E-state index contributed by atoms with van der Waals surface area (Å²) in [4.78, 5) is 44.4. The smallest absolute Gasteiger partial charge is 0.245 e. The molecule has 3 aromatic rings. The van der Waals surface area contributed by atoms with Gasteiger partial charge in [0, 0.05) is 10.9 Å². The maximum atomic E-state index is 14.5. The average molecular weight is 621 g/mol. The summed E-state index contributed by atoms with van der Waals surface area (Å²) < 4.78 is 6.34. The van der Waals surface area contributed by atoms with Gasteiger partial charge in [0.2, 0.25) is 17.7 Å². The topological polar surface area (TPSA) is 139 Å². The lowest BCUT2D eigenvalue weighted by atomic mass is 9.66. The van der Waals surface area contributed by atoms with E-state index >= 15 is 0 Å². The molecule has 0 radical (unpaired) electrons. The van der Waals surface area contributed by atoms with Crippen molar-refractivity contribution in [1.82, 2.24) is 25.2 Å². The highest BCUT2D eigenvalue weighted by Crippen LogP contribution is 2.69. The van der Waals surface area contributed by atoms with Crippen LogP contribution in [0.25, 0.3) is 11.0 Å². The number of hydrogen-bond acceptors (Lipinski definition) is 8. The van der Waals surface area contributed by atoms with Crippen LogP contribution in [-0.2, 0) is 21.1 Å². The Morgan fingerprint density at radius 1 is 1.16 bits per heavy atom. The third-order valence-electron chi connectivity index (χ3n) is 9.84. The first-order valence-corrected chi connectivity index (χ1v) is 16.3.